The highest BCUT2D eigenvalue weighted by molar-refractivity contribution is 5.46. The summed E-state index contributed by atoms with van der Waals surface area (Å²) in [4.78, 5) is 0. The average Bonchev–Trinajstić information content (AvgIpc) is 2.19. The fraction of sp³-hybridized carbons (Fsp3) is 0.538. The molecule has 0 aliphatic rings. The summed E-state index contributed by atoms with van der Waals surface area (Å²) in [5.74, 6) is 1.28. The summed E-state index contributed by atoms with van der Waals surface area (Å²) in [6, 6.07) is 3.85. The van der Waals surface area contributed by atoms with E-state index >= 15 is 0 Å². The van der Waals surface area contributed by atoms with Crippen LogP contribution in [-0.4, -0.2) is 11.2 Å². The van der Waals surface area contributed by atoms with Gasteiger partial charge in [-0.15, -0.1) is 0 Å². The van der Waals surface area contributed by atoms with Crippen molar-refractivity contribution < 1.29 is 9.84 Å². The van der Waals surface area contributed by atoms with Gasteiger partial charge in [-0.05, 0) is 49.9 Å². The van der Waals surface area contributed by atoms with Gasteiger partial charge in [0.25, 0.3) is 0 Å². The van der Waals surface area contributed by atoms with Gasteiger partial charge in [0.05, 0.1) is 6.10 Å². The molecule has 1 rings (SSSR count). The zero-order chi connectivity index (χ0) is 11.4. The average molecular weight is 208 g/mol. The third-order valence-corrected chi connectivity index (χ3v) is 2.37. The summed E-state index contributed by atoms with van der Waals surface area (Å²) in [7, 11) is 0. The van der Waals surface area contributed by atoms with Crippen LogP contribution < -0.4 is 4.74 Å². The summed E-state index contributed by atoms with van der Waals surface area (Å²) in [6.45, 7) is 8.08. The van der Waals surface area contributed by atoms with Gasteiger partial charge >= 0.3 is 0 Å². The Balaban J connectivity index is 3.09. The summed E-state index contributed by atoms with van der Waals surface area (Å²) < 4.78 is 5.64. The number of rotatable bonds is 4. The number of hydrogen-bond acceptors (Lipinski definition) is 2. The highest BCUT2D eigenvalue weighted by Gasteiger charge is 2.08. The van der Waals surface area contributed by atoms with Crippen molar-refractivity contribution in [3.8, 4) is 11.5 Å². The van der Waals surface area contributed by atoms with Gasteiger partial charge in [0.15, 0.2) is 0 Å². The fourth-order valence-corrected chi connectivity index (χ4v) is 1.61. The summed E-state index contributed by atoms with van der Waals surface area (Å²) >= 11 is 0. The molecule has 0 spiro atoms. The number of aryl methyl sites for hydroxylation is 2. The molecule has 1 aromatic rings. The Bertz CT molecular complexity index is 304. The fourth-order valence-electron chi connectivity index (χ4n) is 1.61. The van der Waals surface area contributed by atoms with Crippen LogP contribution in [0.25, 0.3) is 0 Å². The second-order valence-electron chi connectivity index (χ2n) is 3.96. The molecule has 0 fully saturated rings. The molecule has 2 heteroatoms. The van der Waals surface area contributed by atoms with Crippen LogP contribution >= 0.6 is 0 Å². The van der Waals surface area contributed by atoms with Crippen molar-refractivity contribution >= 4 is 0 Å². The molecule has 0 aliphatic heterocycles. The second kappa shape index (κ2) is 5.06. The van der Waals surface area contributed by atoms with Crippen LogP contribution in [0.4, 0.5) is 0 Å². The van der Waals surface area contributed by atoms with E-state index in [0.29, 0.717) is 5.75 Å². The molecular formula is C13H20O2. The van der Waals surface area contributed by atoms with Crippen LogP contribution in [0.2, 0.25) is 0 Å². The number of hydrogen-bond donors (Lipinski definition) is 1. The van der Waals surface area contributed by atoms with Crippen LogP contribution in [0.1, 0.15) is 38.8 Å². The Morgan fingerprint density at radius 2 is 1.60 bits per heavy atom. The number of aromatic hydroxyl groups is 1. The van der Waals surface area contributed by atoms with Gasteiger partial charge < -0.3 is 9.84 Å². The zero-order valence-corrected chi connectivity index (χ0v) is 10.0. The van der Waals surface area contributed by atoms with E-state index in [-0.39, 0.29) is 6.10 Å². The molecule has 2 nitrogen and oxygen atoms in total. The summed E-state index contributed by atoms with van der Waals surface area (Å²) in [6.07, 6.45) is 1.83. The summed E-state index contributed by atoms with van der Waals surface area (Å²) in [5, 5.41) is 9.89. The first-order valence-electron chi connectivity index (χ1n) is 5.59. The minimum Gasteiger partial charge on any atom is -0.507 e. The van der Waals surface area contributed by atoms with Crippen molar-refractivity contribution in [3.05, 3.63) is 23.3 Å². The molecule has 0 radical (unpaired) electrons. The molecule has 0 atom stereocenters. The standard InChI is InChI=1S/C13H20O2/c1-5-10-7-12(15-9(3)4)8-11(6-2)13(10)14/h7-9,14H,5-6H2,1-4H3. The molecule has 0 aromatic heterocycles. The molecule has 15 heavy (non-hydrogen) atoms. The maximum atomic E-state index is 9.89. The topological polar surface area (TPSA) is 29.5 Å². The number of benzene rings is 1. The number of phenols is 1. The van der Waals surface area contributed by atoms with Crippen LogP contribution in [0.3, 0.4) is 0 Å². The van der Waals surface area contributed by atoms with Crippen LogP contribution in [0.5, 0.6) is 11.5 Å². The normalized spacial score (nSPS) is 10.7. The van der Waals surface area contributed by atoms with Crippen LogP contribution in [0, 0.1) is 0 Å². The van der Waals surface area contributed by atoms with Gasteiger partial charge in [-0.2, -0.15) is 0 Å². The first-order valence-corrected chi connectivity index (χ1v) is 5.59. The number of phenolic OH excluding ortho intramolecular Hbond substituents is 1. The molecule has 1 N–H and O–H groups in total. The quantitative estimate of drug-likeness (QED) is 0.822. The lowest BCUT2D eigenvalue weighted by Crippen LogP contribution is -2.06. The van der Waals surface area contributed by atoms with Crippen molar-refractivity contribution in [1.82, 2.24) is 0 Å². The Hall–Kier alpha value is -1.18. The smallest absolute Gasteiger partial charge is 0.122 e. The van der Waals surface area contributed by atoms with Gasteiger partial charge in [-0.3, -0.25) is 0 Å². The van der Waals surface area contributed by atoms with E-state index in [1.807, 2.05) is 39.8 Å². The molecular weight excluding hydrogens is 188 g/mol. The van der Waals surface area contributed by atoms with E-state index in [4.69, 9.17) is 4.74 Å². The van der Waals surface area contributed by atoms with Crippen molar-refractivity contribution in [2.75, 3.05) is 0 Å². The molecule has 0 amide bonds. The highest BCUT2D eigenvalue weighted by atomic mass is 16.5. The predicted octanol–water partition coefficient (Wildman–Crippen LogP) is 3.30. The number of ether oxygens (including phenoxy) is 1. The molecule has 0 saturated carbocycles. The molecule has 1 aromatic carbocycles. The van der Waals surface area contributed by atoms with E-state index in [9.17, 15) is 5.11 Å². The van der Waals surface area contributed by atoms with E-state index in [1.54, 1.807) is 0 Å². The Labute approximate surface area is 91.9 Å². The lowest BCUT2D eigenvalue weighted by atomic mass is 10.0. The molecule has 0 saturated heterocycles. The third-order valence-electron chi connectivity index (χ3n) is 2.37. The van der Waals surface area contributed by atoms with Gasteiger partial charge in [0.1, 0.15) is 11.5 Å². The highest BCUT2D eigenvalue weighted by Crippen LogP contribution is 2.29. The molecule has 0 unspecified atom stereocenters. The SMILES string of the molecule is CCc1cc(OC(C)C)cc(CC)c1O. The summed E-state index contributed by atoms with van der Waals surface area (Å²) in [5.41, 5.74) is 1.93. The maximum absolute atomic E-state index is 9.89. The minimum atomic E-state index is 0.170. The predicted molar refractivity (Wildman–Crippen MR) is 62.6 cm³/mol. The maximum Gasteiger partial charge on any atom is 0.122 e. The van der Waals surface area contributed by atoms with Gasteiger partial charge in [0, 0.05) is 0 Å². The lowest BCUT2D eigenvalue weighted by Gasteiger charge is -2.14. The molecule has 84 valence electrons. The van der Waals surface area contributed by atoms with E-state index in [0.717, 1.165) is 29.7 Å². The van der Waals surface area contributed by atoms with E-state index < -0.39 is 0 Å². The van der Waals surface area contributed by atoms with Gasteiger partial charge in [0.2, 0.25) is 0 Å². The monoisotopic (exact) mass is 208 g/mol. The first kappa shape index (κ1) is 11.9. The van der Waals surface area contributed by atoms with Crippen molar-refractivity contribution in [2.45, 2.75) is 46.6 Å². The Morgan fingerprint density at radius 1 is 1.13 bits per heavy atom. The minimum absolute atomic E-state index is 0.170. The third kappa shape index (κ3) is 2.88. The molecule has 0 heterocycles. The largest absolute Gasteiger partial charge is 0.507 e. The zero-order valence-electron chi connectivity index (χ0n) is 10.0. The van der Waals surface area contributed by atoms with Crippen LogP contribution in [0.15, 0.2) is 12.1 Å². The first-order chi connectivity index (χ1) is 7.08. The van der Waals surface area contributed by atoms with Crippen molar-refractivity contribution in [1.29, 1.82) is 0 Å². The molecule has 0 aliphatic carbocycles. The van der Waals surface area contributed by atoms with Crippen molar-refractivity contribution in [3.63, 3.8) is 0 Å². The molecule has 0 bridgehead atoms. The Morgan fingerprint density at radius 3 is 1.93 bits per heavy atom. The van der Waals surface area contributed by atoms with E-state index in [2.05, 4.69) is 0 Å². The lowest BCUT2D eigenvalue weighted by molar-refractivity contribution is 0.241. The van der Waals surface area contributed by atoms with Crippen LogP contribution in [-0.2, 0) is 12.8 Å². The second-order valence-corrected chi connectivity index (χ2v) is 3.96. The van der Waals surface area contributed by atoms with E-state index in [1.165, 1.54) is 0 Å². The Kier molecular flexibility index (Phi) is 4.01. The van der Waals surface area contributed by atoms with Crippen molar-refractivity contribution in [2.24, 2.45) is 0 Å². The van der Waals surface area contributed by atoms with Gasteiger partial charge in [-0.25, -0.2) is 0 Å². The van der Waals surface area contributed by atoms with Gasteiger partial charge in [-0.1, -0.05) is 13.8 Å².